The predicted molar refractivity (Wildman–Crippen MR) is 81.6 cm³/mol. The zero-order valence-electron chi connectivity index (χ0n) is 12.1. The van der Waals surface area contributed by atoms with Gasteiger partial charge in [0.05, 0.1) is 5.70 Å². The van der Waals surface area contributed by atoms with Gasteiger partial charge in [-0.3, -0.25) is 4.99 Å². The van der Waals surface area contributed by atoms with E-state index in [2.05, 4.69) is 16.7 Å². The lowest BCUT2D eigenvalue weighted by Crippen LogP contribution is -1.96. The molecule has 0 aliphatic rings. The Hall–Kier alpha value is -1.03. The van der Waals surface area contributed by atoms with Crippen molar-refractivity contribution in [3.8, 4) is 0 Å². The number of nitrogens with zero attached hydrogens (tertiary/aromatic N) is 3. The summed E-state index contributed by atoms with van der Waals surface area (Å²) in [5.74, 6) is 0.965. The van der Waals surface area contributed by atoms with Gasteiger partial charge in [-0.25, -0.2) is 4.98 Å². The van der Waals surface area contributed by atoms with E-state index in [0.29, 0.717) is 0 Å². The molecule has 0 aliphatic heterocycles. The maximum Gasteiger partial charge on any atom is 0.115 e. The van der Waals surface area contributed by atoms with Crippen LogP contribution in [0.4, 0.5) is 0 Å². The molecule has 0 aromatic carbocycles. The zero-order valence-corrected chi connectivity index (χ0v) is 12.9. The Kier molecular flexibility index (Phi) is 12.4. The fourth-order valence-corrected chi connectivity index (χ4v) is 1.69. The van der Waals surface area contributed by atoms with E-state index in [-0.39, 0.29) is 0 Å². The Balaban J connectivity index is 0. The summed E-state index contributed by atoms with van der Waals surface area (Å²) in [5, 5.41) is 0.932. The van der Waals surface area contributed by atoms with Gasteiger partial charge >= 0.3 is 0 Å². The van der Waals surface area contributed by atoms with Crippen LogP contribution < -0.4 is 0 Å². The molecule has 0 saturated heterocycles. The van der Waals surface area contributed by atoms with Crippen LogP contribution in [0.1, 0.15) is 40.4 Å². The Morgan fingerprint density at radius 3 is 2.18 bits per heavy atom. The molecule has 0 saturated carbocycles. The molecule has 98 valence electrons. The van der Waals surface area contributed by atoms with Crippen molar-refractivity contribution in [3.05, 3.63) is 23.2 Å². The van der Waals surface area contributed by atoms with E-state index in [9.17, 15) is 0 Å². The van der Waals surface area contributed by atoms with Crippen LogP contribution in [0.5, 0.6) is 0 Å². The van der Waals surface area contributed by atoms with Crippen LogP contribution in [0.15, 0.2) is 22.4 Å². The molecule has 0 unspecified atom stereocenters. The molecule has 17 heavy (non-hydrogen) atoms. The van der Waals surface area contributed by atoms with Gasteiger partial charge in [-0.05, 0) is 26.8 Å². The quantitative estimate of drug-likeness (QED) is 0.747. The summed E-state index contributed by atoms with van der Waals surface area (Å²) in [7, 11) is 0. The molecule has 0 radical (unpaired) electrons. The van der Waals surface area contributed by atoms with Gasteiger partial charge in [0.15, 0.2) is 0 Å². The summed E-state index contributed by atoms with van der Waals surface area (Å²) < 4.78 is 2.00. The number of imidazole rings is 1. The highest BCUT2D eigenvalue weighted by Crippen LogP contribution is 2.21. The number of aliphatic imine (C=N–C) groups is 1. The molecule has 0 atom stereocenters. The molecule has 1 aromatic rings. The van der Waals surface area contributed by atoms with Crippen LogP contribution in [-0.2, 0) is 0 Å². The highest BCUT2D eigenvalue weighted by atomic mass is 32.2. The standard InChI is InChI=1S/C9H13N3S.2C2H6/c1-7(9(10-3)13-4)12-6-5-11-8(12)2;2*1-2/h5-6H,3H2,1-2,4H3;2*1-2H3/b9-7+;;. The SMILES string of the molecule is C=N/C(SC)=C(/C)n1ccnc1C.CC.CC. The summed E-state index contributed by atoms with van der Waals surface area (Å²) in [6, 6.07) is 0. The molecule has 0 amide bonds. The summed E-state index contributed by atoms with van der Waals surface area (Å²) in [5.41, 5.74) is 1.07. The molecule has 0 bridgehead atoms. The van der Waals surface area contributed by atoms with Crippen molar-refractivity contribution in [2.24, 2.45) is 4.99 Å². The third-order valence-corrected chi connectivity index (χ3v) is 2.64. The predicted octanol–water partition coefficient (Wildman–Crippen LogP) is 4.45. The number of rotatable bonds is 3. The van der Waals surface area contributed by atoms with Crippen molar-refractivity contribution in [2.75, 3.05) is 6.26 Å². The number of aromatic nitrogens is 2. The second kappa shape index (κ2) is 11.5. The van der Waals surface area contributed by atoms with Gasteiger partial charge in [-0.15, -0.1) is 11.8 Å². The molecular weight excluding hydrogens is 230 g/mol. The molecule has 1 rings (SSSR count). The second-order valence-corrected chi connectivity index (χ2v) is 3.39. The molecule has 0 fully saturated rings. The van der Waals surface area contributed by atoms with Crippen LogP contribution in [-0.4, -0.2) is 22.5 Å². The van der Waals surface area contributed by atoms with Crippen molar-refractivity contribution in [1.82, 2.24) is 9.55 Å². The lowest BCUT2D eigenvalue weighted by atomic mass is 10.5. The van der Waals surface area contributed by atoms with Crippen molar-refractivity contribution in [1.29, 1.82) is 0 Å². The number of hydrogen-bond acceptors (Lipinski definition) is 3. The minimum absolute atomic E-state index is 0.932. The zero-order chi connectivity index (χ0) is 13.8. The van der Waals surface area contributed by atoms with E-state index in [4.69, 9.17) is 0 Å². The smallest absolute Gasteiger partial charge is 0.115 e. The number of allylic oxidation sites excluding steroid dienone is 1. The van der Waals surface area contributed by atoms with Gasteiger partial charge in [0.1, 0.15) is 10.9 Å². The monoisotopic (exact) mass is 255 g/mol. The Bertz CT molecular complexity index is 340. The van der Waals surface area contributed by atoms with Crippen LogP contribution in [0.25, 0.3) is 5.70 Å². The molecular formula is C13H25N3S. The highest BCUT2D eigenvalue weighted by molar-refractivity contribution is 8.02. The maximum atomic E-state index is 4.15. The number of aryl methyl sites for hydroxylation is 1. The van der Waals surface area contributed by atoms with Crippen molar-refractivity contribution in [3.63, 3.8) is 0 Å². The maximum absolute atomic E-state index is 4.15. The van der Waals surface area contributed by atoms with E-state index >= 15 is 0 Å². The molecule has 0 aliphatic carbocycles. The summed E-state index contributed by atoms with van der Waals surface area (Å²) in [6.07, 6.45) is 5.69. The van der Waals surface area contributed by atoms with E-state index in [0.717, 1.165) is 16.6 Å². The Morgan fingerprint density at radius 2 is 1.88 bits per heavy atom. The van der Waals surface area contributed by atoms with Gasteiger partial charge in [0.25, 0.3) is 0 Å². The van der Waals surface area contributed by atoms with E-state index in [1.807, 2.05) is 58.6 Å². The topological polar surface area (TPSA) is 30.2 Å². The van der Waals surface area contributed by atoms with Gasteiger partial charge in [-0.2, -0.15) is 0 Å². The summed E-state index contributed by atoms with van der Waals surface area (Å²) >= 11 is 1.59. The lowest BCUT2D eigenvalue weighted by molar-refractivity contribution is 0.983. The van der Waals surface area contributed by atoms with Gasteiger partial charge in [-0.1, -0.05) is 27.7 Å². The average Bonchev–Trinajstić information content (AvgIpc) is 2.82. The molecule has 0 N–H and O–H groups in total. The first kappa shape index (κ1) is 18.3. The lowest BCUT2D eigenvalue weighted by Gasteiger charge is -2.07. The van der Waals surface area contributed by atoms with E-state index < -0.39 is 0 Å². The van der Waals surface area contributed by atoms with Crippen LogP contribution >= 0.6 is 11.8 Å². The summed E-state index contributed by atoms with van der Waals surface area (Å²) in [4.78, 5) is 8.09. The fourth-order valence-electron chi connectivity index (χ4n) is 1.16. The van der Waals surface area contributed by atoms with Crippen LogP contribution in [0.3, 0.4) is 0 Å². The van der Waals surface area contributed by atoms with Gasteiger partial charge < -0.3 is 4.57 Å². The van der Waals surface area contributed by atoms with E-state index in [1.165, 1.54) is 0 Å². The Morgan fingerprint density at radius 1 is 1.35 bits per heavy atom. The Labute approximate surface area is 110 Å². The first-order chi connectivity index (χ1) is 8.20. The second-order valence-electron chi connectivity index (χ2n) is 2.60. The first-order valence-electron chi connectivity index (χ1n) is 5.92. The number of thioether (sulfide) groups is 1. The molecule has 1 aromatic heterocycles. The van der Waals surface area contributed by atoms with Crippen LogP contribution in [0.2, 0.25) is 0 Å². The number of hydrogen-bond donors (Lipinski definition) is 0. The molecule has 3 nitrogen and oxygen atoms in total. The van der Waals surface area contributed by atoms with Crippen molar-refractivity contribution >= 4 is 24.2 Å². The fraction of sp³-hybridized carbons (Fsp3) is 0.538. The molecule has 0 spiro atoms. The average molecular weight is 255 g/mol. The van der Waals surface area contributed by atoms with Gasteiger partial charge in [0.2, 0.25) is 0 Å². The summed E-state index contributed by atoms with van der Waals surface area (Å²) in [6.45, 7) is 15.5. The van der Waals surface area contributed by atoms with Gasteiger partial charge in [0, 0.05) is 12.4 Å². The largest absolute Gasteiger partial charge is 0.305 e. The first-order valence-corrected chi connectivity index (χ1v) is 7.15. The molecule has 4 heteroatoms. The molecule has 1 heterocycles. The third kappa shape index (κ3) is 5.73. The normalized spacial score (nSPS) is 10.3. The van der Waals surface area contributed by atoms with Crippen molar-refractivity contribution < 1.29 is 0 Å². The third-order valence-electron chi connectivity index (χ3n) is 1.83. The van der Waals surface area contributed by atoms with E-state index in [1.54, 1.807) is 18.0 Å². The minimum atomic E-state index is 0.932. The highest BCUT2D eigenvalue weighted by Gasteiger charge is 2.03. The minimum Gasteiger partial charge on any atom is -0.305 e. The van der Waals surface area contributed by atoms with Crippen LogP contribution in [0, 0.1) is 6.92 Å². The van der Waals surface area contributed by atoms with Crippen molar-refractivity contribution in [2.45, 2.75) is 41.5 Å².